The lowest BCUT2D eigenvalue weighted by Crippen LogP contribution is -2.30. The number of imide groups is 1. The van der Waals surface area contributed by atoms with Crippen molar-refractivity contribution in [2.75, 3.05) is 20.8 Å². The Bertz CT molecular complexity index is 1110. The first kappa shape index (κ1) is 22.0. The number of ether oxygens (including phenoxy) is 3. The third-order valence-corrected chi connectivity index (χ3v) is 4.78. The van der Waals surface area contributed by atoms with E-state index in [0.29, 0.717) is 21.5 Å². The number of carbonyl (C=O) groups excluding carboxylic acids is 3. The molecule has 3 amide bonds. The molecule has 9 nitrogen and oxygen atoms in total. The molecule has 0 unspecified atom stereocenters. The lowest BCUT2D eigenvalue weighted by Gasteiger charge is -2.12. The van der Waals surface area contributed by atoms with Crippen LogP contribution < -0.4 is 14.8 Å². The zero-order chi connectivity index (χ0) is 22.5. The summed E-state index contributed by atoms with van der Waals surface area (Å²) in [4.78, 5) is 37.5. The van der Waals surface area contributed by atoms with Gasteiger partial charge >= 0.3 is 12.0 Å². The first-order chi connectivity index (χ1) is 14.9. The van der Waals surface area contributed by atoms with Crippen LogP contribution in [0.3, 0.4) is 0 Å². The van der Waals surface area contributed by atoms with E-state index < -0.39 is 17.9 Å². The van der Waals surface area contributed by atoms with E-state index >= 15 is 0 Å². The predicted octanol–water partition coefficient (Wildman–Crippen LogP) is 2.94. The molecular weight excluding hydrogens is 472 g/mol. The summed E-state index contributed by atoms with van der Waals surface area (Å²) in [5.41, 5.74) is 0.643. The standard InChI is InChI=1S/C21H17BrN2O7/c1-4-7-30-18-14(22)8-12(10-17(18)28-2)9-15-19(25)24(21(27)23-15)11-13-5-6-16(31-13)20(26)29-3/h1,5-6,8-10H,7,11H2,2-3H3,(H,23,27). The fraction of sp³-hybridized carbons (Fsp3) is 0.190. The number of terminal acetylenes is 1. The van der Waals surface area contributed by atoms with Crippen molar-refractivity contribution in [3.63, 3.8) is 0 Å². The Hall–Kier alpha value is -3.71. The van der Waals surface area contributed by atoms with E-state index in [0.717, 1.165) is 4.90 Å². The number of carbonyl (C=O) groups is 3. The summed E-state index contributed by atoms with van der Waals surface area (Å²) < 4.78 is 21.2. The topological polar surface area (TPSA) is 107 Å². The van der Waals surface area contributed by atoms with Crippen LogP contribution in [0.5, 0.6) is 11.5 Å². The average molecular weight is 489 g/mol. The van der Waals surface area contributed by atoms with Crippen LogP contribution in [0.1, 0.15) is 21.9 Å². The molecule has 160 valence electrons. The minimum atomic E-state index is -0.654. The van der Waals surface area contributed by atoms with Gasteiger partial charge in [0.2, 0.25) is 5.76 Å². The number of amides is 3. The van der Waals surface area contributed by atoms with Gasteiger partial charge in [0.15, 0.2) is 11.5 Å². The number of urea groups is 1. The van der Waals surface area contributed by atoms with Crippen LogP contribution in [-0.2, 0) is 16.1 Å². The maximum absolute atomic E-state index is 12.7. The molecule has 1 fully saturated rings. The molecule has 1 aliphatic heterocycles. The smallest absolute Gasteiger partial charge is 0.373 e. The second-order valence-electron chi connectivity index (χ2n) is 6.16. The molecule has 10 heteroatoms. The molecule has 0 radical (unpaired) electrons. The van der Waals surface area contributed by atoms with Gasteiger partial charge in [-0.25, -0.2) is 9.59 Å². The third kappa shape index (κ3) is 4.73. The number of rotatable bonds is 7. The molecular formula is C21H17BrN2O7. The Kier molecular flexibility index (Phi) is 6.67. The zero-order valence-electron chi connectivity index (χ0n) is 16.6. The van der Waals surface area contributed by atoms with Crippen molar-refractivity contribution in [2.45, 2.75) is 6.54 Å². The Morgan fingerprint density at radius 1 is 1.32 bits per heavy atom. The highest BCUT2D eigenvalue weighted by molar-refractivity contribution is 9.10. The SMILES string of the molecule is C#CCOc1c(Br)cc(C=C2NC(=O)N(Cc3ccc(C(=O)OC)o3)C2=O)cc1OC. The van der Waals surface area contributed by atoms with Gasteiger partial charge in [-0.1, -0.05) is 5.92 Å². The number of nitrogens with one attached hydrogen (secondary N) is 1. The molecule has 1 aliphatic rings. The fourth-order valence-electron chi connectivity index (χ4n) is 2.79. The van der Waals surface area contributed by atoms with Gasteiger partial charge in [0.1, 0.15) is 18.1 Å². The second kappa shape index (κ2) is 9.40. The maximum Gasteiger partial charge on any atom is 0.373 e. The molecule has 0 saturated carbocycles. The fourth-order valence-corrected chi connectivity index (χ4v) is 3.36. The second-order valence-corrected chi connectivity index (χ2v) is 7.02. The minimum absolute atomic E-state index is 0.0237. The van der Waals surface area contributed by atoms with Crippen molar-refractivity contribution in [1.82, 2.24) is 10.2 Å². The summed E-state index contributed by atoms with van der Waals surface area (Å²) in [5, 5.41) is 2.52. The van der Waals surface area contributed by atoms with Crippen LogP contribution in [0.25, 0.3) is 6.08 Å². The molecule has 1 aromatic heterocycles. The number of benzene rings is 1. The van der Waals surface area contributed by atoms with Crippen molar-refractivity contribution < 1.29 is 33.0 Å². The molecule has 3 rings (SSSR count). The largest absolute Gasteiger partial charge is 0.493 e. The quantitative estimate of drug-likeness (QED) is 0.276. The van der Waals surface area contributed by atoms with E-state index in [1.165, 1.54) is 32.4 Å². The number of furan rings is 1. The Morgan fingerprint density at radius 2 is 2.10 bits per heavy atom. The van der Waals surface area contributed by atoms with Crippen molar-refractivity contribution in [3.8, 4) is 23.8 Å². The number of halogens is 1. The monoisotopic (exact) mass is 488 g/mol. The first-order valence-corrected chi connectivity index (χ1v) is 9.62. The predicted molar refractivity (Wildman–Crippen MR) is 112 cm³/mol. The van der Waals surface area contributed by atoms with E-state index in [4.69, 9.17) is 20.3 Å². The van der Waals surface area contributed by atoms with Gasteiger partial charge in [0, 0.05) is 0 Å². The summed E-state index contributed by atoms with van der Waals surface area (Å²) >= 11 is 3.39. The van der Waals surface area contributed by atoms with E-state index in [1.54, 1.807) is 12.1 Å². The Morgan fingerprint density at radius 3 is 2.77 bits per heavy atom. The zero-order valence-corrected chi connectivity index (χ0v) is 18.1. The number of nitrogens with zero attached hydrogens (tertiary/aromatic N) is 1. The normalized spacial score (nSPS) is 14.4. The minimum Gasteiger partial charge on any atom is -0.493 e. The molecule has 1 N–H and O–H groups in total. The van der Waals surface area contributed by atoms with E-state index in [9.17, 15) is 14.4 Å². The van der Waals surface area contributed by atoms with Crippen LogP contribution in [0.2, 0.25) is 0 Å². The molecule has 2 heterocycles. The van der Waals surface area contributed by atoms with Gasteiger partial charge in [-0.2, -0.15) is 0 Å². The molecule has 0 atom stereocenters. The Labute approximate surface area is 186 Å². The van der Waals surface area contributed by atoms with Crippen LogP contribution in [-0.4, -0.2) is 43.6 Å². The van der Waals surface area contributed by atoms with Gasteiger partial charge in [0.05, 0.1) is 25.2 Å². The average Bonchev–Trinajstić information content (AvgIpc) is 3.32. The highest BCUT2D eigenvalue weighted by atomic mass is 79.9. The van der Waals surface area contributed by atoms with Gasteiger partial charge < -0.3 is 23.9 Å². The van der Waals surface area contributed by atoms with Crippen LogP contribution in [0, 0.1) is 12.3 Å². The summed E-state index contributed by atoms with van der Waals surface area (Å²) in [6.07, 6.45) is 6.72. The molecule has 31 heavy (non-hydrogen) atoms. The molecule has 2 aromatic rings. The van der Waals surface area contributed by atoms with Gasteiger partial charge in [-0.15, -0.1) is 6.42 Å². The number of esters is 1. The highest BCUT2D eigenvalue weighted by Crippen LogP contribution is 2.37. The lowest BCUT2D eigenvalue weighted by atomic mass is 10.1. The number of methoxy groups -OCH3 is 2. The van der Waals surface area contributed by atoms with E-state index in [-0.39, 0.29) is 30.4 Å². The van der Waals surface area contributed by atoms with E-state index in [1.807, 2.05) is 0 Å². The molecule has 1 saturated heterocycles. The number of hydrogen-bond acceptors (Lipinski definition) is 7. The lowest BCUT2D eigenvalue weighted by molar-refractivity contribution is -0.123. The van der Waals surface area contributed by atoms with Crippen molar-refractivity contribution in [1.29, 1.82) is 0 Å². The molecule has 0 bridgehead atoms. The molecule has 1 aromatic carbocycles. The summed E-state index contributed by atoms with van der Waals surface area (Å²) in [6.45, 7) is -0.0890. The Balaban J connectivity index is 1.81. The van der Waals surface area contributed by atoms with Gasteiger partial charge in [0.25, 0.3) is 5.91 Å². The van der Waals surface area contributed by atoms with Crippen LogP contribution in [0.15, 0.2) is 38.9 Å². The van der Waals surface area contributed by atoms with Crippen LogP contribution in [0.4, 0.5) is 4.79 Å². The first-order valence-electron chi connectivity index (χ1n) is 8.83. The van der Waals surface area contributed by atoms with E-state index in [2.05, 4.69) is 31.9 Å². The summed E-state index contributed by atoms with van der Waals surface area (Å²) in [5.74, 6) is 2.22. The van der Waals surface area contributed by atoms with Crippen molar-refractivity contribution in [2.24, 2.45) is 0 Å². The van der Waals surface area contributed by atoms with Crippen molar-refractivity contribution in [3.05, 3.63) is 51.5 Å². The molecule has 0 spiro atoms. The van der Waals surface area contributed by atoms with Crippen LogP contribution >= 0.6 is 15.9 Å². The number of hydrogen-bond donors (Lipinski definition) is 1. The summed E-state index contributed by atoms with van der Waals surface area (Å²) in [6, 6.07) is 5.61. The summed E-state index contributed by atoms with van der Waals surface area (Å²) in [7, 11) is 2.69. The maximum atomic E-state index is 12.7. The highest BCUT2D eigenvalue weighted by Gasteiger charge is 2.34. The molecule has 0 aliphatic carbocycles. The third-order valence-electron chi connectivity index (χ3n) is 4.19. The van der Waals surface area contributed by atoms with Gasteiger partial charge in [-0.3, -0.25) is 9.69 Å². The van der Waals surface area contributed by atoms with Crippen molar-refractivity contribution >= 4 is 39.9 Å². The van der Waals surface area contributed by atoms with Gasteiger partial charge in [-0.05, 0) is 51.8 Å².